The van der Waals surface area contributed by atoms with Crippen molar-refractivity contribution in [3.05, 3.63) is 83.6 Å². The number of nitrogens with zero attached hydrogens (tertiary/aromatic N) is 2. The molecule has 2 aromatic rings. The van der Waals surface area contributed by atoms with Gasteiger partial charge in [-0.1, -0.05) is 60.7 Å². The lowest BCUT2D eigenvalue weighted by atomic mass is 9.76. The zero-order chi connectivity index (χ0) is 22.6. The lowest BCUT2D eigenvalue weighted by Crippen LogP contribution is -2.55. The Hall–Kier alpha value is -3.28. The molecule has 0 bridgehead atoms. The summed E-state index contributed by atoms with van der Waals surface area (Å²) in [6.45, 7) is 6.73. The quantitative estimate of drug-likeness (QED) is 0.711. The van der Waals surface area contributed by atoms with Gasteiger partial charge >= 0.3 is 12.2 Å². The van der Waals surface area contributed by atoms with Crippen LogP contribution in [0.3, 0.4) is 0 Å². The van der Waals surface area contributed by atoms with Crippen molar-refractivity contribution in [1.82, 2.24) is 9.80 Å². The van der Waals surface area contributed by atoms with Crippen LogP contribution in [-0.4, -0.2) is 51.8 Å². The van der Waals surface area contributed by atoms with Gasteiger partial charge < -0.3 is 9.47 Å². The Bertz CT molecular complexity index is 1090. The molecule has 6 nitrogen and oxygen atoms in total. The number of amides is 2. The SMILES string of the molecule is C[C@]1(Cc2ccccc2)OC(=O)N2CCN3C(=O)O[C@@](C)(Cc4ccccc4)[C@@]3(C)C=C21. The molecule has 2 amide bonds. The van der Waals surface area contributed by atoms with E-state index in [1.807, 2.05) is 87.5 Å². The highest BCUT2D eigenvalue weighted by molar-refractivity contribution is 5.78. The van der Waals surface area contributed by atoms with E-state index in [-0.39, 0.29) is 12.2 Å². The average molecular weight is 433 g/mol. The number of hydrogen-bond acceptors (Lipinski definition) is 4. The second-order valence-corrected chi connectivity index (χ2v) is 9.50. The third-order valence-corrected chi connectivity index (χ3v) is 7.26. The van der Waals surface area contributed by atoms with Gasteiger partial charge in [0.15, 0.2) is 5.60 Å². The molecular formula is C26H28N2O4. The second kappa shape index (κ2) is 7.12. The van der Waals surface area contributed by atoms with E-state index in [1.54, 1.807) is 9.80 Å². The maximum absolute atomic E-state index is 13.0. The fraction of sp³-hybridized carbons (Fsp3) is 0.385. The van der Waals surface area contributed by atoms with Crippen LogP contribution < -0.4 is 0 Å². The third kappa shape index (κ3) is 3.08. The average Bonchev–Trinajstić information content (AvgIpc) is 2.99. The normalized spacial score (nSPS) is 31.4. The van der Waals surface area contributed by atoms with Gasteiger partial charge in [-0.25, -0.2) is 9.59 Å². The van der Waals surface area contributed by atoms with E-state index >= 15 is 0 Å². The minimum Gasteiger partial charge on any atom is -0.440 e. The Morgan fingerprint density at radius 3 is 2.00 bits per heavy atom. The number of benzene rings is 2. The molecule has 0 radical (unpaired) electrons. The Kier molecular flexibility index (Phi) is 4.59. The summed E-state index contributed by atoms with van der Waals surface area (Å²) in [5.41, 5.74) is 0.619. The maximum atomic E-state index is 13.0. The smallest absolute Gasteiger partial charge is 0.415 e. The molecule has 0 spiro atoms. The minimum atomic E-state index is -0.823. The summed E-state index contributed by atoms with van der Waals surface area (Å²) in [6.07, 6.45) is 2.46. The van der Waals surface area contributed by atoms with Gasteiger partial charge in [-0.3, -0.25) is 9.80 Å². The number of ether oxygens (including phenoxy) is 2. The first-order valence-corrected chi connectivity index (χ1v) is 11.1. The summed E-state index contributed by atoms with van der Waals surface area (Å²) in [5.74, 6) is 0. The van der Waals surface area contributed by atoms with Crippen molar-refractivity contribution >= 4 is 12.2 Å². The molecule has 166 valence electrons. The number of fused-ring (bicyclic) bond motifs is 2. The van der Waals surface area contributed by atoms with Crippen molar-refractivity contribution in [1.29, 1.82) is 0 Å². The van der Waals surface area contributed by atoms with E-state index in [0.29, 0.717) is 25.9 Å². The monoisotopic (exact) mass is 432 g/mol. The molecule has 2 saturated heterocycles. The van der Waals surface area contributed by atoms with Gasteiger partial charge in [0.05, 0.1) is 5.70 Å². The van der Waals surface area contributed by atoms with Crippen LogP contribution >= 0.6 is 0 Å². The van der Waals surface area contributed by atoms with Crippen LogP contribution in [0.2, 0.25) is 0 Å². The van der Waals surface area contributed by atoms with E-state index in [2.05, 4.69) is 0 Å². The van der Waals surface area contributed by atoms with Crippen molar-refractivity contribution < 1.29 is 19.1 Å². The predicted molar refractivity (Wildman–Crippen MR) is 120 cm³/mol. The van der Waals surface area contributed by atoms with Crippen LogP contribution in [0.1, 0.15) is 31.9 Å². The fourth-order valence-corrected chi connectivity index (χ4v) is 5.29. The summed E-state index contributed by atoms with van der Waals surface area (Å²) in [6, 6.07) is 20.1. The van der Waals surface area contributed by atoms with Gasteiger partial charge in [-0.15, -0.1) is 0 Å². The van der Waals surface area contributed by atoms with Gasteiger partial charge in [0, 0.05) is 25.9 Å². The van der Waals surface area contributed by atoms with Crippen molar-refractivity contribution in [3.8, 4) is 0 Å². The van der Waals surface area contributed by atoms with E-state index in [4.69, 9.17) is 9.47 Å². The van der Waals surface area contributed by atoms with Crippen LogP contribution in [0.25, 0.3) is 0 Å². The highest BCUT2D eigenvalue weighted by Gasteiger charge is 2.62. The standard InChI is InChI=1S/C26H28N2O4/c1-24(16-19-10-6-4-7-11-19)21-18-25(2)26(3,17-20-12-8-5-9-13-20)32-23(30)28(25)15-14-27(21)22(29)31-24/h4-13,18H,14-17H2,1-3H3/t24-,25-,26+/m1/s1. The first-order chi connectivity index (χ1) is 15.2. The van der Waals surface area contributed by atoms with Crippen molar-refractivity contribution in [2.75, 3.05) is 13.1 Å². The van der Waals surface area contributed by atoms with E-state index in [9.17, 15) is 9.59 Å². The topological polar surface area (TPSA) is 59.1 Å². The highest BCUT2D eigenvalue weighted by atomic mass is 16.6. The lowest BCUT2D eigenvalue weighted by Gasteiger charge is -2.40. The first-order valence-electron chi connectivity index (χ1n) is 11.1. The lowest BCUT2D eigenvalue weighted by molar-refractivity contribution is 0.0293. The summed E-state index contributed by atoms with van der Waals surface area (Å²) < 4.78 is 12.0. The van der Waals surface area contributed by atoms with Crippen LogP contribution in [0.15, 0.2) is 72.4 Å². The zero-order valence-electron chi connectivity index (χ0n) is 18.7. The molecule has 2 fully saturated rings. The third-order valence-electron chi connectivity index (χ3n) is 7.26. The Labute approximate surface area is 188 Å². The van der Waals surface area contributed by atoms with Crippen molar-refractivity contribution in [2.24, 2.45) is 0 Å². The van der Waals surface area contributed by atoms with Gasteiger partial charge in [0.1, 0.15) is 11.1 Å². The second-order valence-electron chi connectivity index (χ2n) is 9.50. The van der Waals surface area contributed by atoms with E-state index in [0.717, 1.165) is 16.8 Å². The Balaban J connectivity index is 1.59. The molecule has 6 heteroatoms. The van der Waals surface area contributed by atoms with E-state index < -0.39 is 16.7 Å². The Morgan fingerprint density at radius 1 is 0.781 bits per heavy atom. The summed E-state index contributed by atoms with van der Waals surface area (Å²) in [5, 5.41) is 0. The number of rotatable bonds is 4. The van der Waals surface area contributed by atoms with Crippen molar-refractivity contribution in [3.63, 3.8) is 0 Å². The highest BCUT2D eigenvalue weighted by Crippen LogP contribution is 2.48. The number of hydrogen-bond donors (Lipinski definition) is 0. The molecule has 5 rings (SSSR count). The summed E-state index contributed by atoms with van der Waals surface area (Å²) in [7, 11) is 0. The molecule has 3 aliphatic heterocycles. The number of cyclic esters (lactones) is 2. The van der Waals surface area contributed by atoms with Crippen molar-refractivity contribution in [2.45, 2.75) is 50.4 Å². The summed E-state index contributed by atoms with van der Waals surface area (Å²) in [4.78, 5) is 29.3. The van der Waals surface area contributed by atoms with Crippen LogP contribution in [0, 0.1) is 0 Å². The molecule has 0 N–H and O–H groups in total. The molecule has 0 unspecified atom stereocenters. The largest absolute Gasteiger partial charge is 0.440 e. The molecule has 2 aromatic carbocycles. The van der Waals surface area contributed by atoms with Gasteiger partial charge in [0.2, 0.25) is 0 Å². The number of carbonyl (C=O) groups is 2. The number of carbonyl (C=O) groups excluding carboxylic acids is 2. The molecule has 0 saturated carbocycles. The van der Waals surface area contributed by atoms with Crippen LogP contribution in [0.5, 0.6) is 0 Å². The van der Waals surface area contributed by atoms with Gasteiger partial charge in [-0.2, -0.15) is 0 Å². The first kappa shape index (κ1) is 20.6. The van der Waals surface area contributed by atoms with Gasteiger partial charge in [-0.05, 0) is 38.0 Å². The van der Waals surface area contributed by atoms with E-state index in [1.165, 1.54) is 0 Å². The van der Waals surface area contributed by atoms with Gasteiger partial charge in [0.25, 0.3) is 0 Å². The molecule has 3 aliphatic rings. The molecule has 0 aromatic heterocycles. The molecule has 3 heterocycles. The summed E-state index contributed by atoms with van der Waals surface area (Å²) >= 11 is 0. The Morgan fingerprint density at radius 2 is 1.38 bits per heavy atom. The minimum absolute atomic E-state index is 0.345. The molecule has 0 aliphatic carbocycles. The molecule has 3 atom stereocenters. The van der Waals surface area contributed by atoms with Crippen LogP contribution in [-0.2, 0) is 22.3 Å². The maximum Gasteiger partial charge on any atom is 0.415 e. The predicted octanol–water partition coefficient (Wildman–Crippen LogP) is 4.55. The van der Waals surface area contributed by atoms with Crippen LogP contribution in [0.4, 0.5) is 9.59 Å². The fourth-order valence-electron chi connectivity index (χ4n) is 5.29. The zero-order valence-corrected chi connectivity index (χ0v) is 18.7. The molecular weight excluding hydrogens is 404 g/mol. The molecule has 32 heavy (non-hydrogen) atoms.